The topological polar surface area (TPSA) is 40.5 Å². The summed E-state index contributed by atoms with van der Waals surface area (Å²) >= 11 is 0. The van der Waals surface area contributed by atoms with E-state index in [1.807, 2.05) is 0 Å². The number of rotatable bonds is 3. The highest BCUT2D eigenvalue weighted by Crippen LogP contribution is 2.15. The van der Waals surface area contributed by atoms with Gasteiger partial charge in [0.15, 0.2) is 0 Å². The number of hydrogen-bond acceptors (Lipinski definition) is 2. The van der Waals surface area contributed by atoms with Gasteiger partial charge in [0.25, 0.3) is 0 Å². The number of carbonyl (C=O) groups is 1. The van der Waals surface area contributed by atoms with Crippen LogP contribution in [-0.2, 0) is 4.79 Å². The minimum atomic E-state index is -0.787. The Morgan fingerprint density at radius 2 is 1.92 bits per heavy atom. The molecule has 0 aromatic heterocycles. The summed E-state index contributed by atoms with van der Waals surface area (Å²) in [6, 6.07) is 0. The highest BCUT2D eigenvalue weighted by atomic mass is 16.4. The first-order chi connectivity index (χ1) is 5.70. The Balaban J connectivity index is 2.34. The molecule has 1 aliphatic rings. The molecule has 1 N–H and O–H groups in total. The van der Waals surface area contributed by atoms with Crippen molar-refractivity contribution in [1.29, 1.82) is 0 Å². The number of carboxylic acid groups (broad SMARTS) is 1. The summed E-state index contributed by atoms with van der Waals surface area (Å²) in [6.45, 7) is 5.72. The smallest absolute Gasteiger partial charge is 0.309 e. The fraction of sp³-hybridized carbons (Fsp3) is 0.667. The van der Waals surface area contributed by atoms with E-state index in [4.69, 9.17) is 5.11 Å². The molecule has 0 aromatic carbocycles. The molecule has 0 saturated carbocycles. The lowest BCUT2D eigenvalue weighted by atomic mass is 10.1. The molecule has 1 rings (SSSR count). The Labute approximate surface area is 72.7 Å². The van der Waals surface area contributed by atoms with Crippen LogP contribution in [0.2, 0.25) is 0 Å². The van der Waals surface area contributed by atoms with Crippen molar-refractivity contribution in [2.75, 3.05) is 13.1 Å². The van der Waals surface area contributed by atoms with Crippen molar-refractivity contribution in [2.24, 2.45) is 0 Å². The Hall–Kier alpha value is -0.990. The number of likely N-dealkylation sites (tertiary alicyclic amines) is 1. The van der Waals surface area contributed by atoms with E-state index in [1.165, 1.54) is 19.3 Å². The predicted molar refractivity (Wildman–Crippen MR) is 46.8 cm³/mol. The quantitative estimate of drug-likeness (QED) is 0.695. The van der Waals surface area contributed by atoms with Gasteiger partial charge in [0.1, 0.15) is 0 Å². The van der Waals surface area contributed by atoms with Crippen LogP contribution in [0, 0.1) is 0 Å². The van der Waals surface area contributed by atoms with Crippen LogP contribution in [-0.4, -0.2) is 29.1 Å². The molecule has 3 heteroatoms. The van der Waals surface area contributed by atoms with Crippen LogP contribution in [0.25, 0.3) is 0 Å². The average molecular weight is 169 g/mol. The lowest BCUT2D eigenvalue weighted by molar-refractivity contribution is -0.136. The fourth-order valence-electron chi connectivity index (χ4n) is 1.50. The number of piperidine rings is 1. The molecule has 1 saturated heterocycles. The van der Waals surface area contributed by atoms with Crippen LogP contribution in [0.4, 0.5) is 0 Å². The minimum Gasteiger partial charge on any atom is -0.481 e. The van der Waals surface area contributed by atoms with Crippen LogP contribution in [0.1, 0.15) is 25.7 Å². The van der Waals surface area contributed by atoms with E-state index >= 15 is 0 Å². The Bertz CT molecular complexity index is 183. The molecule has 0 aromatic rings. The van der Waals surface area contributed by atoms with Gasteiger partial charge in [0.05, 0.1) is 6.42 Å². The van der Waals surface area contributed by atoms with E-state index in [9.17, 15) is 4.79 Å². The zero-order chi connectivity index (χ0) is 8.97. The summed E-state index contributed by atoms with van der Waals surface area (Å²) in [4.78, 5) is 12.4. The van der Waals surface area contributed by atoms with Crippen LogP contribution < -0.4 is 0 Å². The predicted octanol–water partition coefficient (Wildman–Crippen LogP) is 1.46. The average Bonchev–Trinajstić information content (AvgIpc) is 2.05. The molecule has 1 aliphatic heterocycles. The maximum absolute atomic E-state index is 10.4. The number of hydrogen-bond donors (Lipinski definition) is 1. The summed E-state index contributed by atoms with van der Waals surface area (Å²) < 4.78 is 0. The van der Waals surface area contributed by atoms with Crippen LogP contribution in [0.5, 0.6) is 0 Å². The van der Waals surface area contributed by atoms with Gasteiger partial charge < -0.3 is 10.0 Å². The van der Waals surface area contributed by atoms with Crippen molar-refractivity contribution in [2.45, 2.75) is 25.7 Å². The molecule has 3 nitrogen and oxygen atoms in total. The summed E-state index contributed by atoms with van der Waals surface area (Å²) in [5, 5.41) is 8.53. The van der Waals surface area contributed by atoms with E-state index in [1.54, 1.807) is 0 Å². The zero-order valence-electron chi connectivity index (χ0n) is 7.25. The molecule has 0 aliphatic carbocycles. The largest absolute Gasteiger partial charge is 0.481 e. The van der Waals surface area contributed by atoms with Gasteiger partial charge in [-0.25, -0.2) is 0 Å². The Morgan fingerprint density at radius 1 is 1.33 bits per heavy atom. The van der Waals surface area contributed by atoms with Crippen molar-refractivity contribution in [3.8, 4) is 0 Å². The fourth-order valence-corrected chi connectivity index (χ4v) is 1.50. The second-order valence-corrected chi connectivity index (χ2v) is 3.18. The molecule has 0 atom stereocenters. The van der Waals surface area contributed by atoms with Gasteiger partial charge in [-0.2, -0.15) is 0 Å². The molecule has 0 unspecified atom stereocenters. The van der Waals surface area contributed by atoms with Crippen molar-refractivity contribution >= 4 is 5.97 Å². The number of nitrogens with zero attached hydrogens (tertiary/aromatic N) is 1. The van der Waals surface area contributed by atoms with Gasteiger partial charge in [-0.05, 0) is 19.3 Å². The van der Waals surface area contributed by atoms with Crippen molar-refractivity contribution in [1.82, 2.24) is 4.90 Å². The van der Waals surface area contributed by atoms with Gasteiger partial charge in [0.2, 0.25) is 0 Å². The third-order valence-corrected chi connectivity index (χ3v) is 2.16. The number of carboxylic acids is 1. The summed E-state index contributed by atoms with van der Waals surface area (Å²) in [7, 11) is 0. The van der Waals surface area contributed by atoms with Crippen molar-refractivity contribution in [3.05, 3.63) is 12.3 Å². The SMILES string of the molecule is C=C(CC(=O)O)N1CCCCC1. The maximum Gasteiger partial charge on any atom is 0.309 e. The van der Waals surface area contributed by atoms with Crippen LogP contribution in [0.15, 0.2) is 12.3 Å². The Kier molecular flexibility index (Phi) is 3.14. The highest BCUT2D eigenvalue weighted by Gasteiger charge is 2.13. The second kappa shape index (κ2) is 4.14. The van der Waals surface area contributed by atoms with Crippen molar-refractivity contribution < 1.29 is 9.90 Å². The molecule has 1 fully saturated rings. The molecule has 0 spiro atoms. The molecule has 1 heterocycles. The van der Waals surface area contributed by atoms with E-state index < -0.39 is 5.97 Å². The molecule has 0 radical (unpaired) electrons. The first-order valence-electron chi connectivity index (χ1n) is 4.34. The first kappa shape index (κ1) is 9.10. The minimum absolute atomic E-state index is 0.0833. The zero-order valence-corrected chi connectivity index (χ0v) is 7.25. The molecular weight excluding hydrogens is 154 g/mol. The molecule has 12 heavy (non-hydrogen) atoms. The van der Waals surface area contributed by atoms with Gasteiger partial charge in [-0.3, -0.25) is 4.79 Å². The molecule has 68 valence electrons. The van der Waals surface area contributed by atoms with Gasteiger partial charge in [-0.15, -0.1) is 0 Å². The highest BCUT2D eigenvalue weighted by molar-refractivity contribution is 5.69. The molecule has 0 bridgehead atoms. The third-order valence-electron chi connectivity index (χ3n) is 2.16. The second-order valence-electron chi connectivity index (χ2n) is 3.18. The summed E-state index contributed by atoms with van der Waals surface area (Å²) in [5.41, 5.74) is 0.752. The van der Waals surface area contributed by atoms with Crippen LogP contribution >= 0.6 is 0 Å². The van der Waals surface area contributed by atoms with Gasteiger partial charge in [-0.1, -0.05) is 6.58 Å². The standard InChI is InChI=1S/C9H15NO2/c1-8(7-9(11)12)10-5-3-2-4-6-10/h1-7H2,(H,11,12). The van der Waals surface area contributed by atoms with Gasteiger partial charge in [0, 0.05) is 18.8 Å². The van der Waals surface area contributed by atoms with E-state index in [0.29, 0.717) is 0 Å². The molecule has 0 amide bonds. The lowest BCUT2D eigenvalue weighted by Crippen LogP contribution is -2.29. The van der Waals surface area contributed by atoms with Gasteiger partial charge >= 0.3 is 5.97 Å². The van der Waals surface area contributed by atoms with Crippen LogP contribution in [0.3, 0.4) is 0 Å². The van der Waals surface area contributed by atoms with E-state index in [0.717, 1.165) is 18.8 Å². The third kappa shape index (κ3) is 2.57. The van der Waals surface area contributed by atoms with Crippen molar-refractivity contribution in [3.63, 3.8) is 0 Å². The monoisotopic (exact) mass is 169 g/mol. The normalized spacial score (nSPS) is 17.5. The lowest BCUT2D eigenvalue weighted by Gasteiger charge is -2.29. The van der Waals surface area contributed by atoms with E-state index in [-0.39, 0.29) is 6.42 Å². The summed E-state index contributed by atoms with van der Waals surface area (Å²) in [5.74, 6) is -0.787. The maximum atomic E-state index is 10.4. The Morgan fingerprint density at radius 3 is 2.42 bits per heavy atom. The van der Waals surface area contributed by atoms with E-state index in [2.05, 4.69) is 11.5 Å². The number of aliphatic carboxylic acids is 1. The molecular formula is C9H15NO2. The first-order valence-corrected chi connectivity index (χ1v) is 4.34. The summed E-state index contributed by atoms with van der Waals surface area (Å²) in [6.07, 6.45) is 3.67.